The summed E-state index contributed by atoms with van der Waals surface area (Å²) in [5, 5.41) is 26.6. The minimum Gasteiger partial charge on any atom is -0.366 e. The molecule has 10 nitrogen and oxygen atoms in total. The Morgan fingerprint density at radius 3 is 2.45 bits per heavy atom. The van der Waals surface area contributed by atoms with Crippen LogP contribution >= 0.6 is 23.8 Å². The van der Waals surface area contributed by atoms with Crippen molar-refractivity contribution in [3.8, 4) is 5.69 Å². The van der Waals surface area contributed by atoms with Crippen LogP contribution in [0.5, 0.6) is 0 Å². The molecule has 0 unspecified atom stereocenters. The molecule has 0 spiro atoms. The molecule has 2 heterocycles. The van der Waals surface area contributed by atoms with Gasteiger partial charge in [-0.05, 0) is 79.9 Å². The van der Waals surface area contributed by atoms with Gasteiger partial charge in [0.05, 0.1) is 21.3 Å². The first kappa shape index (κ1) is 27.5. The summed E-state index contributed by atoms with van der Waals surface area (Å²) in [6.45, 7) is 3.68. The Labute approximate surface area is 241 Å². The highest BCUT2D eigenvalue weighted by molar-refractivity contribution is 7.80. The van der Waals surface area contributed by atoms with E-state index >= 15 is 0 Å². The Morgan fingerprint density at radius 2 is 1.77 bits per heavy atom. The van der Waals surface area contributed by atoms with Crippen LogP contribution in [0, 0.1) is 10.1 Å². The van der Waals surface area contributed by atoms with Crippen LogP contribution in [0.1, 0.15) is 48.5 Å². The Hall–Kier alpha value is -4.09. The maximum atomic E-state index is 12.9. The number of anilines is 2. The summed E-state index contributed by atoms with van der Waals surface area (Å²) in [5.74, 6) is -0.570. The minimum atomic E-state index is -0.570. The van der Waals surface area contributed by atoms with Crippen molar-refractivity contribution in [2.24, 2.45) is 0 Å². The van der Waals surface area contributed by atoms with Crippen LogP contribution in [0.15, 0.2) is 54.6 Å². The van der Waals surface area contributed by atoms with Crippen LogP contribution in [0.25, 0.3) is 16.7 Å². The van der Waals surface area contributed by atoms with E-state index in [9.17, 15) is 14.9 Å². The molecule has 4 aromatic rings. The maximum Gasteiger partial charge on any atom is 0.293 e. The number of benzene rings is 3. The zero-order valence-corrected chi connectivity index (χ0v) is 23.5. The Balaban J connectivity index is 1.28. The molecule has 1 aliphatic rings. The normalized spacial score (nSPS) is 13.0. The quantitative estimate of drug-likeness (QED) is 0.148. The predicted octanol–water partition coefficient (Wildman–Crippen LogP) is 6.05. The highest BCUT2D eigenvalue weighted by atomic mass is 35.5. The second-order valence-electron chi connectivity index (χ2n) is 9.64. The first-order valence-corrected chi connectivity index (χ1v) is 13.9. The number of aromatic nitrogens is 3. The number of fused-ring (bicyclic) bond motifs is 1. The maximum absolute atomic E-state index is 12.9. The summed E-state index contributed by atoms with van der Waals surface area (Å²) >= 11 is 11.8. The number of rotatable bonds is 8. The van der Waals surface area contributed by atoms with Gasteiger partial charge >= 0.3 is 0 Å². The van der Waals surface area contributed by atoms with Gasteiger partial charge in [-0.25, -0.2) is 0 Å². The van der Waals surface area contributed by atoms with Gasteiger partial charge < -0.3 is 10.2 Å². The number of nitrogens with zero attached hydrogens (tertiary/aromatic N) is 5. The second-order valence-corrected chi connectivity index (χ2v) is 10.5. The minimum absolute atomic E-state index is 0.00687. The van der Waals surface area contributed by atoms with Crippen LogP contribution in [0.2, 0.25) is 5.02 Å². The fourth-order valence-electron chi connectivity index (χ4n) is 4.69. The number of hydrogen-bond acceptors (Lipinski definition) is 7. The number of halogens is 1. The average molecular weight is 578 g/mol. The molecule has 0 bridgehead atoms. The van der Waals surface area contributed by atoms with Crippen molar-refractivity contribution in [1.82, 2.24) is 20.3 Å². The molecule has 1 aromatic heterocycles. The van der Waals surface area contributed by atoms with Crippen molar-refractivity contribution in [2.45, 2.75) is 39.0 Å². The van der Waals surface area contributed by atoms with Gasteiger partial charge in [-0.2, -0.15) is 4.80 Å². The highest BCUT2D eigenvalue weighted by Crippen LogP contribution is 2.32. The molecule has 5 rings (SSSR count). The SMILES string of the molecule is CCCCc1ccc(-n2nc3cc(Cl)c(NC(=S)NC(=O)c4ccc(N5CCCC5)c([N+](=O)[O-])c4)cc3n2)cc1. The number of hydrogen-bond donors (Lipinski definition) is 2. The third-order valence-electron chi connectivity index (χ3n) is 6.81. The van der Waals surface area contributed by atoms with Gasteiger partial charge in [0.2, 0.25) is 0 Å². The average Bonchev–Trinajstić information content (AvgIpc) is 3.62. The lowest BCUT2D eigenvalue weighted by atomic mass is 10.1. The van der Waals surface area contributed by atoms with E-state index in [-0.39, 0.29) is 16.4 Å². The van der Waals surface area contributed by atoms with Crippen LogP contribution in [0.3, 0.4) is 0 Å². The van der Waals surface area contributed by atoms with Gasteiger partial charge in [-0.15, -0.1) is 10.2 Å². The molecule has 206 valence electrons. The second kappa shape index (κ2) is 12.0. The number of nitro benzene ring substituents is 1. The van der Waals surface area contributed by atoms with Crippen molar-refractivity contribution in [3.05, 3.63) is 80.9 Å². The summed E-state index contributed by atoms with van der Waals surface area (Å²) in [7, 11) is 0. The topological polar surface area (TPSA) is 118 Å². The molecule has 0 saturated carbocycles. The van der Waals surface area contributed by atoms with Crippen molar-refractivity contribution < 1.29 is 9.72 Å². The van der Waals surface area contributed by atoms with E-state index < -0.39 is 10.8 Å². The van der Waals surface area contributed by atoms with Crippen LogP contribution in [-0.4, -0.2) is 44.0 Å². The van der Waals surface area contributed by atoms with Crippen LogP contribution in [0.4, 0.5) is 17.1 Å². The lowest BCUT2D eigenvalue weighted by Crippen LogP contribution is -2.34. The van der Waals surface area contributed by atoms with Crippen LogP contribution < -0.4 is 15.5 Å². The fraction of sp³-hybridized carbons (Fsp3) is 0.286. The zero-order valence-electron chi connectivity index (χ0n) is 21.9. The molecular weight excluding hydrogens is 550 g/mol. The summed E-state index contributed by atoms with van der Waals surface area (Å²) in [4.78, 5) is 27.6. The lowest BCUT2D eigenvalue weighted by molar-refractivity contribution is -0.384. The van der Waals surface area contributed by atoms with Gasteiger partial charge in [0, 0.05) is 24.7 Å². The van der Waals surface area contributed by atoms with Crippen molar-refractivity contribution >= 4 is 62.9 Å². The standard InChI is InChI=1S/C28H28ClN7O3S/c1-2-3-6-18-7-10-20(11-8-18)35-32-23-16-21(29)22(17-24(23)33-35)30-28(40)31-27(37)19-9-12-25(26(15-19)36(38)39)34-13-4-5-14-34/h7-12,15-17H,2-6,13-14H2,1H3,(H2,30,31,37,40). The molecule has 1 fully saturated rings. The number of nitrogens with one attached hydrogen (secondary N) is 2. The van der Waals surface area contributed by atoms with E-state index in [1.165, 1.54) is 11.6 Å². The van der Waals surface area contributed by atoms with E-state index in [0.29, 0.717) is 27.4 Å². The highest BCUT2D eigenvalue weighted by Gasteiger charge is 2.24. The molecule has 3 aromatic carbocycles. The largest absolute Gasteiger partial charge is 0.366 e. The molecule has 1 aliphatic heterocycles. The molecule has 40 heavy (non-hydrogen) atoms. The Kier molecular flexibility index (Phi) is 8.22. The smallest absolute Gasteiger partial charge is 0.293 e. The van der Waals surface area contributed by atoms with E-state index in [1.807, 2.05) is 17.0 Å². The van der Waals surface area contributed by atoms with Crippen LogP contribution in [-0.2, 0) is 6.42 Å². The fourth-order valence-corrected chi connectivity index (χ4v) is 5.10. The third kappa shape index (κ3) is 6.05. The van der Waals surface area contributed by atoms with E-state index in [1.54, 1.807) is 29.1 Å². The number of amides is 1. The van der Waals surface area contributed by atoms with Gasteiger partial charge in [0.15, 0.2) is 5.11 Å². The number of thiocarbonyl (C=S) groups is 1. The molecule has 0 atom stereocenters. The summed E-state index contributed by atoms with van der Waals surface area (Å²) in [6, 6.07) is 15.9. The van der Waals surface area contributed by atoms with Crippen molar-refractivity contribution in [1.29, 1.82) is 0 Å². The Morgan fingerprint density at radius 1 is 1.07 bits per heavy atom. The number of nitro groups is 1. The molecule has 1 amide bonds. The summed E-state index contributed by atoms with van der Waals surface area (Å²) < 4.78 is 0. The number of carbonyl (C=O) groups excluding carboxylic acids is 1. The monoisotopic (exact) mass is 577 g/mol. The van der Waals surface area contributed by atoms with E-state index in [4.69, 9.17) is 23.8 Å². The molecular formula is C28H28ClN7O3S. The zero-order chi connectivity index (χ0) is 28.2. The first-order valence-electron chi connectivity index (χ1n) is 13.1. The number of aryl methyl sites for hydroxylation is 1. The number of unbranched alkanes of at least 4 members (excludes halogenated alkanes) is 1. The van der Waals surface area contributed by atoms with Gasteiger partial charge in [-0.1, -0.05) is 37.1 Å². The van der Waals surface area contributed by atoms with Crippen molar-refractivity contribution in [2.75, 3.05) is 23.3 Å². The van der Waals surface area contributed by atoms with E-state index in [2.05, 4.69) is 39.9 Å². The molecule has 0 aliphatic carbocycles. The lowest BCUT2D eigenvalue weighted by Gasteiger charge is -2.18. The molecule has 12 heteroatoms. The molecule has 1 saturated heterocycles. The Bertz CT molecular complexity index is 1580. The summed E-state index contributed by atoms with van der Waals surface area (Å²) in [5.41, 5.74) is 4.26. The molecule has 2 N–H and O–H groups in total. The third-order valence-corrected chi connectivity index (χ3v) is 7.33. The van der Waals surface area contributed by atoms with Gasteiger partial charge in [0.25, 0.3) is 11.6 Å². The molecule has 0 radical (unpaired) electrons. The van der Waals surface area contributed by atoms with E-state index in [0.717, 1.165) is 50.9 Å². The predicted molar refractivity (Wildman–Crippen MR) is 161 cm³/mol. The first-order chi connectivity index (χ1) is 19.3. The van der Waals surface area contributed by atoms with Gasteiger partial charge in [0.1, 0.15) is 16.7 Å². The summed E-state index contributed by atoms with van der Waals surface area (Å²) in [6.07, 6.45) is 5.29. The number of carbonyl (C=O) groups is 1. The van der Waals surface area contributed by atoms with Crippen molar-refractivity contribution in [3.63, 3.8) is 0 Å². The van der Waals surface area contributed by atoms with Gasteiger partial charge in [-0.3, -0.25) is 20.2 Å².